The van der Waals surface area contributed by atoms with E-state index in [0.29, 0.717) is 12.5 Å². The second-order valence-electron chi connectivity index (χ2n) is 4.46. The van der Waals surface area contributed by atoms with Gasteiger partial charge in [0.05, 0.1) is 0 Å². The van der Waals surface area contributed by atoms with Crippen molar-refractivity contribution >= 4 is 15.9 Å². The second-order valence-corrected chi connectivity index (χ2v) is 5.37. The van der Waals surface area contributed by atoms with Crippen LogP contribution in [0.1, 0.15) is 18.0 Å². The van der Waals surface area contributed by atoms with Crippen LogP contribution in [0, 0.1) is 11.7 Å². The van der Waals surface area contributed by atoms with Crippen LogP contribution >= 0.6 is 15.9 Å². The number of hydrogen-bond donors (Lipinski definition) is 1. The van der Waals surface area contributed by atoms with E-state index < -0.39 is 0 Å². The maximum atomic E-state index is 13.7. The van der Waals surface area contributed by atoms with Crippen LogP contribution in [0.5, 0.6) is 0 Å². The molecule has 0 aromatic heterocycles. The van der Waals surface area contributed by atoms with Crippen molar-refractivity contribution in [2.45, 2.75) is 12.5 Å². The number of hydrogen-bond acceptors (Lipinski definition) is 2. The molecule has 2 nitrogen and oxygen atoms in total. The minimum atomic E-state index is -0.127. The van der Waals surface area contributed by atoms with Crippen molar-refractivity contribution in [3.8, 4) is 0 Å². The number of halogens is 2. The molecule has 2 atom stereocenters. The van der Waals surface area contributed by atoms with Gasteiger partial charge in [0.15, 0.2) is 0 Å². The van der Waals surface area contributed by atoms with E-state index in [0.717, 1.165) is 23.0 Å². The van der Waals surface area contributed by atoms with Crippen molar-refractivity contribution in [2.24, 2.45) is 11.7 Å². The molecule has 1 saturated heterocycles. The van der Waals surface area contributed by atoms with E-state index in [1.807, 2.05) is 13.1 Å². The molecule has 16 heavy (non-hydrogen) atoms. The highest BCUT2D eigenvalue weighted by atomic mass is 79.9. The highest BCUT2D eigenvalue weighted by molar-refractivity contribution is 9.10. The van der Waals surface area contributed by atoms with Gasteiger partial charge in [-0.3, -0.25) is 4.90 Å². The summed E-state index contributed by atoms with van der Waals surface area (Å²) in [6.45, 7) is 1.63. The Labute approximate surface area is 104 Å². The first kappa shape index (κ1) is 12.0. The van der Waals surface area contributed by atoms with E-state index in [9.17, 15) is 4.39 Å². The fourth-order valence-corrected chi connectivity index (χ4v) is 2.79. The number of nitrogens with two attached hydrogens (primary N) is 1. The lowest BCUT2D eigenvalue weighted by Crippen LogP contribution is -2.21. The summed E-state index contributed by atoms with van der Waals surface area (Å²) in [5.41, 5.74) is 6.45. The molecule has 2 unspecified atom stereocenters. The summed E-state index contributed by atoms with van der Waals surface area (Å²) in [7, 11) is 2.03. The van der Waals surface area contributed by atoms with E-state index in [4.69, 9.17) is 5.73 Å². The van der Waals surface area contributed by atoms with Crippen molar-refractivity contribution < 1.29 is 4.39 Å². The average Bonchev–Trinajstić information content (AvgIpc) is 2.63. The molecular formula is C12H16BrFN2. The Balaban J connectivity index is 2.27. The molecule has 4 heteroatoms. The van der Waals surface area contributed by atoms with E-state index >= 15 is 0 Å². The molecule has 1 aliphatic heterocycles. The SMILES string of the molecule is CN1CC(CN)CC1c1cc(Br)ccc1F. The summed E-state index contributed by atoms with van der Waals surface area (Å²) in [5.74, 6) is 0.353. The lowest BCUT2D eigenvalue weighted by atomic mass is 9.99. The van der Waals surface area contributed by atoms with E-state index in [1.165, 1.54) is 6.07 Å². The number of nitrogens with zero attached hydrogens (tertiary/aromatic N) is 1. The highest BCUT2D eigenvalue weighted by Crippen LogP contribution is 2.35. The fraction of sp³-hybridized carbons (Fsp3) is 0.500. The Kier molecular flexibility index (Phi) is 3.62. The van der Waals surface area contributed by atoms with Gasteiger partial charge in [-0.25, -0.2) is 4.39 Å². The quantitative estimate of drug-likeness (QED) is 0.905. The maximum absolute atomic E-state index is 13.7. The van der Waals surface area contributed by atoms with Crippen LogP contribution in [0.3, 0.4) is 0 Å². The molecule has 0 bridgehead atoms. The minimum absolute atomic E-state index is 0.127. The molecule has 0 spiro atoms. The maximum Gasteiger partial charge on any atom is 0.128 e. The third-order valence-electron chi connectivity index (χ3n) is 3.29. The highest BCUT2D eigenvalue weighted by Gasteiger charge is 2.31. The van der Waals surface area contributed by atoms with Crippen LogP contribution in [0.25, 0.3) is 0 Å². The average molecular weight is 287 g/mol. The summed E-state index contributed by atoms with van der Waals surface area (Å²) in [6, 6.07) is 5.28. The Morgan fingerprint density at radius 3 is 2.94 bits per heavy atom. The first-order valence-electron chi connectivity index (χ1n) is 5.47. The predicted molar refractivity (Wildman–Crippen MR) is 66.6 cm³/mol. The largest absolute Gasteiger partial charge is 0.330 e. The molecule has 2 N–H and O–H groups in total. The predicted octanol–water partition coefficient (Wildman–Crippen LogP) is 2.54. The lowest BCUT2D eigenvalue weighted by molar-refractivity contribution is 0.306. The number of benzene rings is 1. The third-order valence-corrected chi connectivity index (χ3v) is 3.78. The zero-order valence-electron chi connectivity index (χ0n) is 9.29. The van der Waals surface area contributed by atoms with Crippen molar-refractivity contribution in [3.63, 3.8) is 0 Å². The number of likely N-dealkylation sites (tertiary alicyclic amines) is 1. The Hall–Kier alpha value is -0.450. The summed E-state index contributed by atoms with van der Waals surface area (Å²) >= 11 is 3.39. The molecule has 0 aliphatic carbocycles. The Bertz CT molecular complexity index is 383. The van der Waals surface area contributed by atoms with Crippen LogP contribution in [-0.2, 0) is 0 Å². The van der Waals surface area contributed by atoms with Gasteiger partial charge in [-0.15, -0.1) is 0 Å². The van der Waals surface area contributed by atoms with Crippen molar-refractivity contribution in [1.82, 2.24) is 4.90 Å². The van der Waals surface area contributed by atoms with Gasteiger partial charge in [-0.1, -0.05) is 15.9 Å². The van der Waals surface area contributed by atoms with Crippen molar-refractivity contribution in [3.05, 3.63) is 34.1 Å². The monoisotopic (exact) mass is 286 g/mol. The normalized spacial score (nSPS) is 26.2. The van der Waals surface area contributed by atoms with Gasteiger partial charge in [-0.2, -0.15) is 0 Å². The molecule has 0 radical (unpaired) electrons. The molecular weight excluding hydrogens is 271 g/mol. The van der Waals surface area contributed by atoms with Crippen LogP contribution in [0.4, 0.5) is 4.39 Å². The van der Waals surface area contributed by atoms with Crippen LogP contribution in [-0.4, -0.2) is 25.0 Å². The van der Waals surface area contributed by atoms with E-state index in [1.54, 1.807) is 6.07 Å². The number of rotatable bonds is 2. The van der Waals surface area contributed by atoms with E-state index in [-0.39, 0.29) is 11.9 Å². The fourth-order valence-electron chi connectivity index (χ4n) is 2.41. The molecule has 1 heterocycles. The van der Waals surface area contributed by atoms with Crippen molar-refractivity contribution in [2.75, 3.05) is 20.1 Å². The van der Waals surface area contributed by atoms with Gasteiger partial charge in [0.25, 0.3) is 0 Å². The standard InChI is InChI=1S/C12H16BrFN2/c1-16-7-8(6-15)4-12(16)10-5-9(13)2-3-11(10)14/h2-3,5,8,12H,4,6-7,15H2,1H3. The molecule has 2 rings (SSSR count). The zero-order chi connectivity index (χ0) is 11.7. The van der Waals surface area contributed by atoms with Crippen LogP contribution in [0.15, 0.2) is 22.7 Å². The van der Waals surface area contributed by atoms with Gasteiger partial charge >= 0.3 is 0 Å². The zero-order valence-corrected chi connectivity index (χ0v) is 10.9. The first-order chi connectivity index (χ1) is 7.61. The van der Waals surface area contributed by atoms with Gasteiger partial charge in [0.1, 0.15) is 5.82 Å². The van der Waals surface area contributed by atoms with Crippen molar-refractivity contribution in [1.29, 1.82) is 0 Å². The summed E-state index contributed by atoms with van der Waals surface area (Å²) in [5, 5.41) is 0. The summed E-state index contributed by atoms with van der Waals surface area (Å²) in [6.07, 6.45) is 0.945. The molecule has 1 aromatic rings. The van der Waals surface area contributed by atoms with Gasteiger partial charge in [0.2, 0.25) is 0 Å². The van der Waals surface area contributed by atoms with Crippen LogP contribution < -0.4 is 5.73 Å². The first-order valence-corrected chi connectivity index (χ1v) is 6.26. The minimum Gasteiger partial charge on any atom is -0.330 e. The molecule has 1 aromatic carbocycles. The molecule has 0 saturated carbocycles. The van der Waals surface area contributed by atoms with Gasteiger partial charge < -0.3 is 5.73 Å². The third kappa shape index (κ3) is 2.29. The molecule has 1 fully saturated rings. The summed E-state index contributed by atoms with van der Waals surface area (Å²) in [4.78, 5) is 2.18. The molecule has 1 aliphatic rings. The topological polar surface area (TPSA) is 29.3 Å². The summed E-state index contributed by atoms with van der Waals surface area (Å²) < 4.78 is 14.7. The second kappa shape index (κ2) is 4.82. The Morgan fingerprint density at radius 2 is 2.31 bits per heavy atom. The van der Waals surface area contributed by atoms with E-state index in [2.05, 4.69) is 20.8 Å². The Morgan fingerprint density at radius 1 is 1.56 bits per heavy atom. The molecule has 0 amide bonds. The molecule has 88 valence electrons. The van der Waals surface area contributed by atoms with Crippen LogP contribution in [0.2, 0.25) is 0 Å². The van der Waals surface area contributed by atoms with Gasteiger partial charge in [0, 0.05) is 22.6 Å². The van der Waals surface area contributed by atoms with Gasteiger partial charge in [-0.05, 0) is 44.1 Å². The smallest absolute Gasteiger partial charge is 0.128 e. The lowest BCUT2D eigenvalue weighted by Gasteiger charge is -2.20.